The highest BCUT2D eigenvalue weighted by Gasteiger charge is 2.25. The van der Waals surface area contributed by atoms with Gasteiger partial charge in [-0.2, -0.15) is 0 Å². The molecule has 2 rings (SSSR count). The van der Waals surface area contributed by atoms with Crippen LogP contribution in [0.4, 0.5) is 0 Å². The van der Waals surface area contributed by atoms with Crippen molar-refractivity contribution in [2.45, 2.75) is 53.1 Å². The summed E-state index contributed by atoms with van der Waals surface area (Å²) in [5.41, 5.74) is 1.14. The van der Waals surface area contributed by atoms with Gasteiger partial charge in [0.15, 0.2) is 5.96 Å². The Bertz CT molecular complexity index is 658. The number of nitrogens with zero attached hydrogens (tertiary/aromatic N) is 3. The number of likely N-dealkylation sites (N-methyl/N-ethyl adjacent to an activating group) is 1. The smallest absolute Gasteiger partial charge is 0.222 e. The van der Waals surface area contributed by atoms with E-state index in [4.69, 9.17) is 9.73 Å². The minimum absolute atomic E-state index is 0.223. The van der Waals surface area contributed by atoms with E-state index in [1.165, 1.54) is 0 Å². The van der Waals surface area contributed by atoms with Gasteiger partial charge in [-0.1, -0.05) is 32.9 Å². The lowest BCUT2D eigenvalue weighted by molar-refractivity contribution is -0.129. The normalized spacial score (nSPS) is 16.8. The maximum Gasteiger partial charge on any atom is 0.222 e. The van der Waals surface area contributed by atoms with Crippen LogP contribution in [0.2, 0.25) is 0 Å². The lowest BCUT2D eigenvalue weighted by Gasteiger charge is -2.19. The van der Waals surface area contributed by atoms with Crippen LogP contribution < -0.4 is 15.4 Å². The summed E-state index contributed by atoms with van der Waals surface area (Å²) < 4.78 is 5.85. The number of likely N-dealkylation sites (tertiary alicyclic amines) is 1. The number of hydrogen-bond donors (Lipinski definition) is 2. The minimum atomic E-state index is 0.223. The van der Waals surface area contributed by atoms with E-state index in [1.54, 1.807) is 0 Å². The molecule has 168 valence electrons. The van der Waals surface area contributed by atoms with Crippen molar-refractivity contribution in [2.75, 3.05) is 45.9 Å². The van der Waals surface area contributed by atoms with Crippen molar-refractivity contribution >= 4 is 11.9 Å². The number of hydrogen-bond acceptors (Lipinski definition) is 4. The SMILES string of the molecule is CCNC(=NCc1ccc(OCCN(CC)CC)cc1)NC1CCN(C(=O)CC)C1. The molecule has 0 aliphatic carbocycles. The first-order chi connectivity index (χ1) is 14.6. The molecule has 2 N–H and O–H groups in total. The van der Waals surface area contributed by atoms with E-state index in [-0.39, 0.29) is 11.9 Å². The van der Waals surface area contributed by atoms with Crippen LogP contribution in [0, 0.1) is 0 Å². The van der Waals surface area contributed by atoms with Gasteiger partial charge in [0.05, 0.1) is 6.54 Å². The molecule has 1 aliphatic heterocycles. The van der Waals surface area contributed by atoms with Crippen LogP contribution in [0.5, 0.6) is 5.75 Å². The van der Waals surface area contributed by atoms with Crippen LogP contribution in [0.25, 0.3) is 0 Å². The molecule has 30 heavy (non-hydrogen) atoms. The molecule has 1 fully saturated rings. The molecule has 1 aliphatic rings. The number of carbonyl (C=O) groups is 1. The zero-order valence-electron chi connectivity index (χ0n) is 19.1. The lowest BCUT2D eigenvalue weighted by Crippen LogP contribution is -2.45. The van der Waals surface area contributed by atoms with Gasteiger partial charge >= 0.3 is 0 Å². The van der Waals surface area contributed by atoms with Crippen molar-refractivity contribution in [3.63, 3.8) is 0 Å². The van der Waals surface area contributed by atoms with E-state index >= 15 is 0 Å². The van der Waals surface area contributed by atoms with Crippen molar-refractivity contribution in [1.29, 1.82) is 0 Å². The molecule has 1 aromatic carbocycles. The van der Waals surface area contributed by atoms with E-state index in [0.717, 1.165) is 63.0 Å². The van der Waals surface area contributed by atoms with E-state index in [0.29, 0.717) is 19.6 Å². The fourth-order valence-electron chi connectivity index (χ4n) is 3.54. The number of aliphatic imine (C=N–C) groups is 1. The standard InChI is InChI=1S/C23H39N5O2/c1-5-22(29)28-14-13-20(18-28)26-23(24-6-2)25-17-19-9-11-21(12-10-19)30-16-15-27(7-3)8-4/h9-12,20H,5-8,13-18H2,1-4H3,(H2,24,25,26). The summed E-state index contributed by atoms with van der Waals surface area (Å²) in [7, 11) is 0. The Morgan fingerprint density at radius 3 is 2.57 bits per heavy atom. The van der Waals surface area contributed by atoms with Crippen molar-refractivity contribution < 1.29 is 9.53 Å². The highest BCUT2D eigenvalue weighted by Crippen LogP contribution is 2.13. The van der Waals surface area contributed by atoms with Crippen LogP contribution in [-0.4, -0.2) is 73.6 Å². The average molecular weight is 418 g/mol. The van der Waals surface area contributed by atoms with Gasteiger partial charge in [-0.3, -0.25) is 4.79 Å². The molecule has 0 spiro atoms. The quantitative estimate of drug-likeness (QED) is 0.428. The van der Waals surface area contributed by atoms with Gasteiger partial charge in [0.1, 0.15) is 12.4 Å². The number of benzene rings is 1. The van der Waals surface area contributed by atoms with E-state index in [1.807, 2.05) is 24.0 Å². The molecular formula is C23H39N5O2. The average Bonchev–Trinajstić information content (AvgIpc) is 3.24. The Morgan fingerprint density at radius 2 is 1.93 bits per heavy atom. The maximum atomic E-state index is 11.9. The fraction of sp³-hybridized carbons (Fsp3) is 0.652. The van der Waals surface area contributed by atoms with Crippen molar-refractivity contribution in [3.8, 4) is 5.75 Å². The molecule has 0 saturated carbocycles. The van der Waals surface area contributed by atoms with Gasteiger partial charge in [0.2, 0.25) is 5.91 Å². The first-order valence-electron chi connectivity index (χ1n) is 11.4. The van der Waals surface area contributed by atoms with Gasteiger partial charge in [-0.15, -0.1) is 0 Å². The molecule has 7 heteroatoms. The van der Waals surface area contributed by atoms with E-state index < -0.39 is 0 Å². The molecule has 0 aromatic heterocycles. The summed E-state index contributed by atoms with van der Waals surface area (Å²) in [6.07, 6.45) is 1.52. The van der Waals surface area contributed by atoms with Crippen molar-refractivity contribution in [2.24, 2.45) is 4.99 Å². The number of ether oxygens (including phenoxy) is 1. The largest absolute Gasteiger partial charge is 0.492 e. The minimum Gasteiger partial charge on any atom is -0.492 e. The number of rotatable bonds is 11. The van der Waals surface area contributed by atoms with Gasteiger partial charge in [-0.25, -0.2) is 4.99 Å². The Hall–Kier alpha value is -2.28. The fourth-order valence-corrected chi connectivity index (χ4v) is 3.54. The molecule has 0 bridgehead atoms. The molecule has 1 unspecified atom stereocenters. The second kappa shape index (κ2) is 13.1. The molecule has 0 radical (unpaired) electrons. The highest BCUT2D eigenvalue weighted by molar-refractivity contribution is 5.80. The summed E-state index contributed by atoms with van der Waals surface area (Å²) in [5, 5.41) is 6.78. The topological polar surface area (TPSA) is 69.2 Å². The Labute approximate surface area is 181 Å². The van der Waals surface area contributed by atoms with E-state index in [2.05, 4.69) is 48.4 Å². The first kappa shape index (κ1) is 24.0. The Kier molecular flexibility index (Phi) is 10.5. The second-order valence-corrected chi connectivity index (χ2v) is 7.54. The van der Waals surface area contributed by atoms with Crippen molar-refractivity contribution in [3.05, 3.63) is 29.8 Å². The molecule has 1 saturated heterocycles. The third-order valence-corrected chi connectivity index (χ3v) is 5.44. The maximum absolute atomic E-state index is 11.9. The summed E-state index contributed by atoms with van der Waals surface area (Å²) >= 11 is 0. The summed E-state index contributed by atoms with van der Waals surface area (Å²) in [6, 6.07) is 8.41. The third-order valence-electron chi connectivity index (χ3n) is 5.44. The number of nitrogens with one attached hydrogen (secondary N) is 2. The van der Waals surface area contributed by atoms with Gasteiger partial charge in [0.25, 0.3) is 0 Å². The predicted octanol–water partition coefficient (Wildman–Crippen LogP) is 2.47. The van der Waals surface area contributed by atoms with E-state index in [9.17, 15) is 4.79 Å². The lowest BCUT2D eigenvalue weighted by atomic mass is 10.2. The number of amides is 1. The summed E-state index contributed by atoms with van der Waals surface area (Å²) in [4.78, 5) is 20.9. The van der Waals surface area contributed by atoms with Gasteiger partial charge in [0, 0.05) is 38.6 Å². The van der Waals surface area contributed by atoms with Crippen LogP contribution in [-0.2, 0) is 11.3 Å². The molecule has 1 heterocycles. The van der Waals surface area contributed by atoms with Crippen LogP contribution >= 0.6 is 0 Å². The Balaban J connectivity index is 1.83. The molecule has 1 aromatic rings. The van der Waals surface area contributed by atoms with Gasteiger partial charge in [-0.05, 0) is 44.1 Å². The zero-order chi connectivity index (χ0) is 21.8. The summed E-state index contributed by atoms with van der Waals surface area (Å²) in [6.45, 7) is 15.0. The second-order valence-electron chi connectivity index (χ2n) is 7.54. The predicted molar refractivity (Wildman–Crippen MR) is 123 cm³/mol. The molecule has 1 atom stereocenters. The summed E-state index contributed by atoms with van der Waals surface area (Å²) in [5.74, 6) is 1.92. The van der Waals surface area contributed by atoms with Crippen LogP contribution in [0.1, 0.15) is 46.1 Å². The Morgan fingerprint density at radius 1 is 1.20 bits per heavy atom. The number of guanidine groups is 1. The zero-order valence-corrected chi connectivity index (χ0v) is 19.1. The third kappa shape index (κ3) is 7.86. The van der Waals surface area contributed by atoms with Crippen molar-refractivity contribution in [1.82, 2.24) is 20.4 Å². The molecular weight excluding hydrogens is 378 g/mol. The highest BCUT2D eigenvalue weighted by atomic mass is 16.5. The first-order valence-corrected chi connectivity index (χ1v) is 11.4. The monoisotopic (exact) mass is 417 g/mol. The number of carbonyl (C=O) groups excluding carboxylic acids is 1. The van der Waals surface area contributed by atoms with Crippen LogP contribution in [0.3, 0.4) is 0 Å². The van der Waals surface area contributed by atoms with Gasteiger partial charge < -0.3 is 25.2 Å². The van der Waals surface area contributed by atoms with Crippen LogP contribution in [0.15, 0.2) is 29.3 Å². The molecule has 1 amide bonds. The molecule has 7 nitrogen and oxygen atoms in total.